The third-order valence-electron chi connectivity index (χ3n) is 3.04. The van der Waals surface area contributed by atoms with E-state index in [0.29, 0.717) is 17.9 Å². The summed E-state index contributed by atoms with van der Waals surface area (Å²) in [6.07, 6.45) is 0. The van der Waals surface area contributed by atoms with Gasteiger partial charge in [0.25, 0.3) is 0 Å². The van der Waals surface area contributed by atoms with Crippen LogP contribution in [0.15, 0.2) is 48.5 Å². The molecule has 114 valence electrons. The van der Waals surface area contributed by atoms with Gasteiger partial charge in [-0.2, -0.15) is 0 Å². The molecule has 2 aromatic rings. The minimum atomic E-state index is -0.363. The zero-order valence-electron chi connectivity index (χ0n) is 12.4. The molecule has 0 fully saturated rings. The second-order valence-corrected chi connectivity index (χ2v) is 5.84. The van der Waals surface area contributed by atoms with Gasteiger partial charge in [-0.3, -0.25) is 9.69 Å². The Balaban J connectivity index is 2.31. The molecule has 2 aromatic carbocycles. The summed E-state index contributed by atoms with van der Waals surface area (Å²) in [6, 6.07) is 14.5. The highest BCUT2D eigenvalue weighted by atomic mass is 127. The van der Waals surface area contributed by atoms with Crippen LogP contribution in [0.3, 0.4) is 0 Å². The molecule has 1 amide bonds. The van der Waals surface area contributed by atoms with Crippen molar-refractivity contribution >= 4 is 45.8 Å². The van der Waals surface area contributed by atoms with Gasteiger partial charge in [0, 0.05) is 21.9 Å². The Hall–Kier alpha value is -1.89. The number of nitrogens with zero attached hydrogens (tertiary/aromatic N) is 1. The maximum absolute atomic E-state index is 12.0. The second kappa shape index (κ2) is 7.40. The first-order valence-electron chi connectivity index (χ1n) is 6.86. The monoisotopic (exact) mass is 409 g/mol. The van der Waals surface area contributed by atoms with Crippen LogP contribution in [0, 0.1) is 3.57 Å². The topological polar surface area (TPSA) is 46.6 Å². The van der Waals surface area contributed by atoms with Gasteiger partial charge in [-0.1, -0.05) is 0 Å². The van der Waals surface area contributed by atoms with Gasteiger partial charge in [-0.05, 0) is 78.0 Å². The first kappa shape index (κ1) is 16.5. The van der Waals surface area contributed by atoms with Crippen molar-refractivity contribution in [2.24, 2.45) is 0 Å². The molecule has 0 radical (unpaired) electrons. The van der Waals surface area contributed by atoms with Crippen LogP contribution in [0.1, 0.15) is 24.2 Å². The summed E-state index contributed by atoms with van der Waals surface area (Å²) in [5, 5.41) is 0. The number of hydrogen-bond donors (Lipinski definition) is 0. The highest BCUT2D eigenvalue weighted by Gasteiger charge is 2.15. The first-order chi connectivity index (χ1) is 10.5. The molecule has 0 aliphatic rings. The van der Waals surface area contributed by atoms with E-state index in [1.54, 1.807) is 36.1 Å². The van der Waals surface area contributed by atoms with E-state index in [0.717, 1.165) is 9.26 Å². The Kier molecular flexibility index (Phi) is 5.54. The van der Waals surface area contributed by atoms with Crippen LogP contribution in [-0.2, 0) is 9.53 Å². The number of halogens is 1. The highest BCUT2D eigenvalue weighted by Crippen LogP contribution is 2.26. The van der Waals surface area contributed by atoms with E-state index in [1.165, 1.54) is 6.92 Å². The van der Waals surface area contributed by atoms with E-state index in [-0.39, 0.29) is 11.9 Å². The number of rotatable bonds is 4. The van der Waals surface area contributed by atoms with Gasteiger partial charge < -0.3 is 4.74 Å². The van der Waals surface area contributed by atoms with Gasteiger partial charge in [0.2, 0.25) is 5.91 Å². The van der Waals surface area contributed by atoms with E-state index in [4.69, 9.17) is 4.74 Å². The molecule has 0 bridgehead atoms. The maximum Gasteiger partial charge on any atom is 0.338 e. The fourth-order valence-corrected chi connectivity index (χ4v) is 2.42. The van der Waals surface area contributed by atoms with Crippen molar-refractivity contribution in [3.8, 4) is 0 Å². The molecule has 0 spiro atoms. The molecule has 22 heavy (non-hydrogen) atoms. The fraction of sp³-hybridized carbons (Fsp3) is 0.176. The number of amides is 1. The number of benzene rings is 2. The van der Waals surface area contributed by atoms with Gasteiger partial charge in [0.15, 0.2) is 0 Å². The van der Waals surface area contributed by atoms with Gasteiger partial charge >= 0.3 is 5.97 Å². The lowest BCUT2D eigenvalue weighted by Gasteiger charge is -2.21. The predicted octanol–water partition coefficient (Wildman–Crippen LogP) is 4.15. The standard InChI is InChI=1S/C17H16INO3/c1-3-22-17(21)13-4-8-15(9-5-13)19(12(2)20)16-10-6-14(18)7-11-16/h4-11H,3H2,1-2H3. The molecule has 5 heteroatoms. The molecule has 0 saturated carbocycles. The summed E-state index contributed by atoms with van der Waals surface area (Å²) >= 11 is 2.22. The van der Waals surface area contributed by atoms with Crippen LogP contribution >= 0.6 is 22.6 Å². The SMILES string of the molecule is CCOC(=O)c1ccc(N(C(C)=O)c2ccc(I)cc2)cc1. The Morgan fingerprint density at radius 2 is 1.50 bits per heavy atom. The van der Waals surface area contributed by atoms with E-state index in [1.807, 2.05) is 24.3 Å². The molecule has 4 nitrogen and oxygen atoms in total. The van der Waals surface area contributed by atoms with E-state index in [9.17, 15) is 9.59 Å². The Morgan fingerprint density at radius 3 is 1.95 bits per heavy atom. The number of ether oxygens (including phenoxy) is 1. The predicted molar refractivity (Wildman–Crippen MR) is 94.4 cm³/mol. The lowest BCUT2D eigenvalue weighted by Crippen LogP contribution is -2.22. The largest absolute Gasteiger partial charge is 0.462 e. The van der Waals surface area contributed by atoms with Crippen LogP contribution < -0.4 is 4.90 Å². The second-order valence-electron chi connectivity index (χ2n) is 4.60. The van der Waals surface area contributed by atoms with E-state index in [2.05, 4.69) is 22.6 Å². The lowest BCUT2D eigenvalue weighted by atomic mass is 10.1. The Morgan fingerprint density at radius 1 is 1.00 bits per heavy atom. The quantitative estimate of drug-likeness (QED) is 0.563. The molecule has 0 aliphatic carbocycles. The van der Waals surface area contributed by atoms with Crippen LogP contribution in [0.2, 0.25) is 0 Å². The van der Waals surface area contributed by atoms with Crippen molar-refractivity contribution in [2.75, 3.05) is 11.5 Å². The zero-order valence-corrected chi connectivity index (χ0v) is 14.5. The summed E-state index contributed by atoms with van der Waals surface area (Å²) in [5.74, 6) is -0.456. The summed E-state index contributed by atoms with van der Waals surface area (Å²) in [5.41, 5.74) is 1.97. The lowest BCUT2D eigenvalue weighted by molar-refractivity contribution is -0.115. The minimum Gasteiger partial charge on any atom is -0.462 e. The Labute approximate surface area is 143 Å². The number of carbonyl (C=O) groups is 2. The van der Waals surface area contributed by atoms with Crippen molar-refractivity contribution in [3.63, 3.8) is 0 Å². The number of carbonyl (C=O) groups excluding carboxylic acids is 2. The van der Waals surface area contributed by atoms with Gasteiger partial charge in [0.05, 0.1) is 12.2 Å². The molecule has 0 heterocycles. The average molecular weight is 409 g/mol. The van der Waals surface area contributed by atoms with E-state index >= 15 is 0 Å². The van der Waals surface area contributed by atoms with Gasteiger partial charge in [0.1, 0.15) is 0 Å². The summed E-state index contributed by atoms with van der Waals surface area (Å²) in [7, 11) is 0. The summed E-state index contributed by atoms with van der Waals surface area (Å²) < 4.78 is 6.05. The van der Waals surface area contributed by atoms with Crippen LogP contribution in [-0.4, -0.2) is 18.5 Å². The van der Waals surface area contributed by atoms with Crippen molar-refractivity contribution in [1.29, 1.82) is 0 Å². The molecular weight excluding hydrogens is 393 g/mol. The summed E-state index contributed by atoms with van der Waals surface area (Å²) in [4.78, 5) is 25.2. The zero-order chi connectivity index (χ0) is 16.1. The number of esters is 1. The smallest absolute Gasteiger partial charge is 0.338 e. The molecule has 2 rings (SSSR count). The molecule has 0 aromatic heterocycles. The van der Waals surface area contributed by atoms with E-state index < -0.39 is 0 Å². The normalized spacial score (nSPS) is 10.1. The molecule has 0 aliphatic heterocycles. The molecule has 0 atom stereocenters. The number of hydrogen-bond acceptors (Lipinski definition) is 3. The summed E-state index contributed by atoms with van der Waals surface area (Å²) in [6.45, 7) is 3.61. The van der Waals surface area contributed by atoms with Crippen molar-refractivity contribution in [1.82, 2.24) is 0 Å². The van der Waals surface area contributed by atoms with Crippen LogP contribution in [0.25, 0.3) is 0 Å². The van der Waals surface area contributed by atoms with Gasteiger partial charge in [-0.25, -0.2) is 4.79 Å². The maximum atomic E-state index is 12.0. The molecule has 0 saturated heterocycles. The average Bonchev–Trinajstić information content (AvgIpc) is 2.50. The third kappa shape index (κ3) is 3.85. The van der Waals surface area contributed by atoms with Crippen molar-refractivity contribution in [2.45, 2.75) is 13.8 Å². The van der Waals surface area contributed by atoms with Crippen molar-refractivity contribution in [3.05, 3.63) is 57.7 Å². The third-order valence-corrected chi connectivity index (χ3v) is 3.76. The molecule has 0 unspecified atom stereocenters. The highest BCUT2D eigenvalue weighted by molar-refractivity contribution is 14.1. The van der Waals surface area contributed by atoms with Crippen LogP contribution in [0.4, 0.5) is 11.4 Å². The van der Waals surface area contributed by atoms with Gasteiger partial charge in [-0.15, -0.1) is 0 Å². The first-order valence-corrected chi connectivity index (χ1v) is 7.94. The minimum absolute atomic E-state index is 0.0925. The van der Waals surface area contributed by atoms with Crippen LogP contribution in [0.5, 0.6) is 0 Å². The molecule has 0 N–H and O–H groups in total. The van der Waals surface area contributed by atoms with Crippen molar-refractivity contribution < 1.29 is 14.3 Å². The fourth-order valence-electron chi connectivity index (χ4n) is 2.06. The Bertz CT molecular complexity index is 665. The number of anilines is 2. The molecular formula is C17H16INO3.